The number of carbonyl (C=O) groups excluding carboxylic acids is 1. The van der Waals surface area contributed by atoms with Crippen molar-refractivity contribution < 1.29 is 9.53 Å². The summed E-state index contributed by atoms with van der Waals surface area (Å²) in [4.78, 5) is 16.9. The van der Waals surface area contributed by atoms with Crippen molar-refractivity contribution in [3.63, 3.8) is 0 Å². The van der Waals surface area contributed by atoms with Crippen LogP contribution in [0.2, 0.25) is 0 Å². The van der Waals surface area contributed by atoms with Crippen LogP contribution in [0.5, 0.6) is 0 Å². The Morgan fingerprint density at radius 1 is 1.40 bits per heavy atom. The van der Waals surface area contributed by atoms with Crippen LogP contribution in [0.15, 0.2) is 24.3 Å². The largest absolute Gasteiger partial charge is 0.378 e. The Labute approximate surface area is 149 Å². The predicted octanol–water partition coefficient (Wildman–Crippen LogP) is 3.30. The Morgan fingerprint density at radius 3 is 3.00 bits per heavy atom. The number of benzene rings is 1. The van der Waals surface area contributed by atoms with Crippen LogP contribution in [0, 0.1) is 18.8 Å². The van der Waals surface area contributed by atoms with Crippen LogP contribution < -0.4 is 5.32 Å². The molecule has 0 saturated carbocycles. The number of ether oxygens (including phenoxy) is 1. The lowest BCUT2D eigenvalue weighted by Crippen LogP contribution is -2.34. The number of imidazole rings is 1. The van der Waals surface area contributed by atoms with Gasteiger partial charge in [-0.3, -0.25) is 4.79 Å². The number of aryl methyl sites for hydroxylation is 1. The molecule has 136 valence electrons. The Balaban J connectivity index is 1.48. The number of nitrogens with zero attached hydrogens (tertiary/aromatic N) is 2. The Bertz CT molecular complexity index is 723. The van der Waals surface area contributed by atoms with Crippen LogP contribution in [0.3, 0.4) is 0 Å². The summed E-state index contributed by atoms with van der Waals surface area (Å²) >= 11 is 0. The number of carbonyl (C=O) groups is 1. The van der Waals surface area contributed by atoms with Crippen LogP contribution in [0.1, 0.15) is 38.9 Å². The molecule has 5 heteroatoms. The van der Waals surface area contributed by atoms with Crippen LogP contribution in [0.4, 0.5) is 0 Å². The summed E-state index contributed by atoms with van der Waals surface area (Å²) in [6.45, 7) is 8.55. The molecule has 0 bridgehead atoms. The van der Waals surface area contributed by atoms with Crippen molar-refractivity contribution in [1.29, 1.82) is 0 Å². The van der Waals surface area contributed by atoms with E-state index in [1.165, 1.54) is 0 Å². The lowest BCUT2D eigenvalue weighted by molar-refractivity contribution is -0.123. The average molecular weight is 343 g/mol. The van der Waals surface area contributed by atoms with E-state index in [1.54, 1.807) is 0 Å². The van der Waals surface area contributed by atoms with Gasteiger partial charge in [-0.05, 0) is 43.7 Å². The molecule has 0 spiro atoms. The molecule has 0 aliphatic carbocycles. The number of hydrogen-bond donors (Lipinski definition) is 1. The van der Waals surface area contributed by atoms with Gasteiger partial charge in [-0.15, -0.1) is 0 Å². The van der Waals surface area contributed by atoms with Gasteiger partial charge in [0.05, 0.1) is 17.1 Å². The van der Waals surface area contributed by atoms with E-state index in [4.69, 9.17) is 4.74 Å². The van der Waals surface area contributed by atoms with Crippen molar-refractivity contribution in [2.75, 3.05) is 13.2 Å². The summed E-state index contributed by atoms with van der Waals surface area (Å²) in [7, 11) is 0. The summed E-state index contributed by atoms with van der Waals surface area (Å²) < 4.78 is 7.96. The zero-order chi connectivity index (χ0) is 17.8. The van der Waals surface area contributed by atoms with Crippen molar-refractivity contribution in [2.24, 2.45) is 11.8 Å². The van der Waals surface area contributed by atoms with Crippen molar-refractivity contribution in [1.82, 2.24) is 14.9 Å². The summed E-state index contributed by atoms with van der Waals surface area (Å²) in [5.41, 5.74) is 2.13. The molecule has 1 aromatic carbocycles. The van der Waals surface area contributed by atoms with Gasteiger partial charge in [0.2, 0.25) is 5.91 Å². The number of hydrogen-bond acceptors (Lipinski definition) is 3. The summed E-state index contributed by atoms with van der Waals surface area (Å²) in [6.07, 6.45) is 2.89. The lowest BCUT2D eigenvalue weighted by atomic mass is 9.88. The molecule has 3 rings (SSSR count). The standard InChI is InChI=1S/C20H29N3O2/c1-14(2)19-12-16(8-11-25-19)13-20(24)21-9-10-23-15(3)22-17-6-4-5-7-18(17)23/h4-7,14,16,19H,8-13H2,1-3H3,(H,21,24)/t16-,19-/m0/s1. The number of para-hydroxylation sites is 2. The average Bonchev–Trinajstić information content (AvgIpc) is 2.91. The number of nitrogens with one attached hydrogen (secondary N) is 1. The SMILES string of the molecule is Cc1nc2ccccc2n1CCNC(=O)C[C@H]1CCO[C@H](C(C)C)C1. The topological polar surface area (TPSA) is 56.2 Å². The number of rotatable bonds is 6. The highest BCUT2D eigenvalue weighted by atomic mass is 16.5. The maximum absolute atomic E-state index is 12.3. The highest BCUT2D eigenvalue weighted by Crippen LogP contribution is 2.27. The monoisotopic (exact) mass is 343 g/mol. The molecule has 1 saturated heterocycles. The van der Waals surface area contributed by atoms with E-state index >= 15 is 0 Å². The minimum atomic E-state index is 0.150. The Hall–Kier alpha value is -1.88. The zero-order valence-corrected chi connectivity index (χ0v) is 15.5. The van der Waals surface area contributed by atoms with Crippen molar-refractivity contribution >= 4 is 16.9 Å². The van der Waals surface area contributed by atoms with Gasteiger partial charge in [0.25, 0.3) is 0 Å². The zero-order valence-electron chi connectivity index (χ0n) is 15.5. The fourth-order valence-corrected chi connectivity index (χ4v) is 3.67. The van der Waals surface area contributed by atoms with E-state index in [0.29, 0.717) is 30.9 Å². The van der Waals surface area contributed by atoms with Crippen LogP contribution in [-0.2, 0) is 16.1 Å². The third-order valence-corrected chi connectivity index (χ3v) is 5.14. The highest BCUT2D eigenvalue weighted by molar-refractivity contribution is 5.77. The number of fused-ring (bicyclic) bond motifs is 1. The van der Waals surface area contributed by atoms with E-state index in [9.17, 15) is 4.79 Å². The minimum Gasteiger partial charge on any atom is -0.378 e. The Morgan fingerprint density at radius 2 is 2.20 bits per heavy atom. The van der Waals surface area contributed by atoms with Gasteiger partial charge in [-0.25, -0.2) is 4.98 Å². The fraction of sp³-hybridized carbons (Fsp3) is 0.600. The van der Waals surface area contributed by atoms with E-state index in [2.05, 4.69) is 34.8 Å². The first-order chi connectivity index (χ1) is 12.0. The second kappa shape index (κ2) is 8.00. The first-order valence-electron chi connectivity index (χ1n) is 9.34. The summed E-state index contributed by atoms with van der Waals surface area (Å²) in [5, 5.41) is 3.08. The second-order valence-corrected chi connectivity index (χ2v) is 7.40. The quantitative estimate of drug-likeness (QED) is 0.875. The molecule has 1 aliphatic heterocycles. The molecule has 0 radical (unpaired) electrons. The van der Waals surface area contributed by atoms with Gasteiger partial charge in [0.15, 0.2) is 0 Å². The normalized spacial score (nSPS) is 21.0. The molecule has 1 amide bonds. The maximum Gasteiger partial charge on any atom is 0.220 e. The van der Waals surface area contributed by atoms with Crippen LogP contribution in [-0.4, -0.2) is 34.7 Å². The second-order valence-electron chi connectivity index (χ2n) is 7.40. The third-order valence-electron chi connectivity index (χ3n) is 5.14. The van der Waals surface area contributed by atoms with E-state index in [1.807, 2.05) is 25.1 Å². The molecule has 5 nitrogen and oxygen atoms in total. The molecular weight excluding hydrogens is 314 g/mol. The number of amides is 1. The molecular formula is C20H29N3O2. The Kier molecular flexibility index (Phi) is 5.74. The molecule has 2 atom stereocenters. The van der Waals surface area contributed by atoms with Gasteiger partial charge in [0.1, 0.15) is 5.82 Å². The van der Waals surface area contributed by atoms with Crippen molar-refractivity contribution in [2.45, 2.75) is 52.7 Å². The molecule has 1 N–H and O–H groups in total. The van der Waals surface area contributed by atoms with Gasteiger partial charge in [0, 0.05) is 26.1 Å². The minimum absolute atomic E-state index is 0.150. The van der Waals surface area contributed by atoms with Crippen molar-refractivity contribution in [3.05, 3.63) is 30.1 Å². The molecule has 2 heterocycles. The molecule has 0 unspecified atom stereocenters. The summed E-state index contributed by atoms with van der Waals surface area (Å²) in [6, 6.07) is 8.12. The third kappa shape index (κ3) is 4.40. The van der Waals surface area contributed by atoms with E-state index in [0.717, 1.165) is 42.9 Å². The highest BCUT2D eigenvalue weighted by Gasteiger charge is 2.26. The van der Waals surface area contributed by atoms with Gasteiger partial charge < -0.3 is 14.6 Å². The molecule has 2 aromatic rings. The smallest absolute Gasteiger partial charge is 0.220 e. The first-order valence-corrected chi connectivity index (χ1v) is 9.34. The van der Waals surface area contributed by atoms with Gasteiger partial charge in [-0.2, -0.15) is 0 Å². The lowest BCUT2D eigenvalue weighted by Gasteiger charge is -2.31. The van der Waals surface area contributed by atoms with E-state index < -0.39 is 0 Å². The molecule has 1 fully saturated rings. The van der Waals surface area contributed by atoms with Gasteiger partial charge >= 0.3 is 0 Å². The molecule has 25 heavy (non-hydrogen) atoms. The van der Waals surface area contributed by atoms with E-state index in [-0.39, 0.29) is 5.91 Å². The van der Waals surface area contributed by atoms with Gasteiger partial charge in [-0.1, -0.05) is 26.0 Å². The first kappa shape index (κ1) is 17.9. The predicted molar refractivity (Wildman–Crippen MR) is 99.4 cm³/mol. The van der Waals surface area contributed by atoms with Crippen LogP contribution in [0.25, 0.3) is 11.0 Å². The number of aromatic nitrogens is 2. The van der Waals surface area contributed by atoms with Crippen molar-refractivity contribution in [3.8, 4) is 0 Å². The fourth-order valence-electron chi connectivity index (χ4n) is 3.67. The molecule has 1 aromatic heterocycles. The molecule has 1 aliphatic rings. The summed E-state index contributed by atoms with van der Waals surface area (Å²) in [5.74, 6) is 2.09. The van der Waals surface area contributed by atoms with Crippen LogP contribution >= 0.6 is 0 Å². The maximum atomic E-state index is 12.3.